The number of hydrogen-bond donors (Lipinski definition) is 0. The summed E-state index contributed by atoms with van der Waals surface area (Å²) in [6.45, 7) is 2.60. The first-order valence-corrected chi connectivity index (χ1v) is 12.7. The number of ether oxygens (including phenoxy) is 2. The molecule has 2 aromatic carbocycles. The summed E-state index contributed by atoms with van der Waals surface area (Å²) in [6.07, 6.45) is 8.73. The number of methoxy groups -OCH3 is 1. The zero-order valence-electron chi connectivity index (χ0n) is 19.5. The highest BCUT2D eigenvalue weighted by Gasteiger charge is 2.51. The normalized spacial score (nSPS) is 21.4. The number of Topliss-reactive ketones (excluding diaryl/α,β-unsaturated/α-hetero) is 1. The monoisotopic (exact) mass is 466 g/mol. The molecule has 0 N–H and O–H groups in total. The third-order valence-corrected chi connectivity index (χ3v) is 7.31. The summed E-state index contributed by atoms with van der Waals surface area (Å²) >= 11 is 1.68. The lowest BCUT2D eigenvalue weighted by Gasteiger charge is -2.29. The van der Waals surface area contributed by atoms with E-state index in [1.54, 1.807) is 11.8 Å². The summed E-state index contributed by atoms with van der Waals surface area (Å²) in [5.41, 5.74) is 1.05. The largest absolute Gasteiger partial charge is 0.468 e. The molecule has 0 aliphatic heterocycles. The maximum absolute atomic E-state index is 13.0. The Hall–Kier alpha value is -2.37. The molecule has 0 spiro atoms. The van der Waals surface area contributed by atoms with E-state index in [0.29, 0.717) is 6.61 Å². The third-order valence-electron chi connectivity index (χ3n) is 6.02. The van der Waals surface area contributed by atoms with Gasteiger partial charge in [-0.3, -0.25) is 9.59 Å². The molecule has 1 aliphatic rings. The van der Waals surface area contributed by atoms with Gasteiger partial charge in [0.05, 0.1) is 19.8 Å². The maximum Gasteiger partial charge on any atom is 0.316 e. The lowest BCUT2D eigenvalue weighted by atomic mass is 9.90. The lowest BCUT2D eigenvalue weighted by Crippen LogP contribution is -2.36. The highest BCUT2D eigenvalue weighted by molar-refractivity contribution is 8.00. The molecule has 0 heterocycles. The first-order chi connectivity index (χ1) is 16.1. The van der Waals surface area contributed by atoms with Crippen molar-refractivity contribution >= 4 is 23.5 Å². The van der Waals surface area contributed by atoms with Crippen molar-refractivity contribution in [2.24, 2.45) is 11.8 Å². The van der Waals surface area contributed by atoms with Crippen molar-refractivity contribution in [3.63, 3.8) is 0 Å². The number of ketones is 1. The zero-order valence-corrected chi connectivity index (χ0v) is 20.3. The number of esters is 1. The Balaban J connectivity index is 1.86. The van der Waals surface area contributed by atoms with Crippen LogP contribution >= 0.6 is 11.8 Å². The van der Waals surface area contributed by atoms with E-state index in [9.17, 15) is 9.59 Å². The number of carbonyl (C=O) groups is 2. The number of rotatable bonds is 12. The van der Waals surface area contributed by atoms with E-state index in [2.05, 4.69) is 31.2 Å². The summed E-state index contributed by atoms with van der Waals surface area (Å²) in [4.78, 5) is 26.8. The Morgan fingerprint density at radius 3 is 2.45 bits per heavy atom. The minimum atomic E-state index is -0.808. The van der Waals surface area contributed by atoms with Crippen molar-refractivity contribution in [3.8, 4) is 0 Å². The molecule has 33 heavy (non-hydrogen) atoms. The SMILES string of the molecule is CCCCC/C=C/C(Sc1ccccc1)C1C(OCc2ccccc2)CC(=O)C1C(=O)OC. The van der Waals surface area contributed by atoms with Crippen LogP contribution < -0.4 is 0 Å². The molecule has 176 valence electrons. The van der Waals surface area contributed by atoms with Crippen LogP contribution in [0.3, 0.4) is 0 Å². The molecule has 0 amide bonds. The van der Waals surface area contributed by atoms with Crippen molar-refractivity contribution < 1.29 is 19.1 Å². The van der Waals surface area contributed by atoms with Crippen LogP contribution in [0.2, 0.25) is 0 Å². The maximum atomic E-state index is 13.0. The Morgan fingerprint density at radius 2 is 1.79 bits per heavy atom. The molecule has 4 atom stereocenters. The van der Waals surface area contributed by atoms with Crippen LogP contribution in [0, 0.1) is 11.8 Å². The molecule has 1 aliphatic carbocycles. The first kappa shape index (κ1) is 25.3. The summed E-state index contributed by atoms with van der Waals surface area (Å²) in [5.74, 6) is -1.66. The van der Waals surface area contributed by atoms with Crippen molar-refractivity contribution in [3.05, 3.63) is 78.4 Å². The second-order valence-electron chi connectivity index (χ2n) is 8.40. The first-order valence-electron chi connectivity index (χ1n) is 11.8. The molecule has 0 radical (unpaired) electrons. The summed E-state index contributed by atoms with van der Waals surface area (Å²) < 4.78 is 11.3. The van der Waals surface area contributed by atoms with E-state index in [1.165, 1.54) is 20.0 Å². The van der Waals surface area contributed by atoms with Crippen molar-refractivity contribution in [1.29, 1.82) is 0 Å². The molecule has 3 rings (SSSR count). The minimum absolute atomic E-state index is 0.0784. The molecule has 0 bridgehead atoms. The fourth-order valence-electron chi connectivity index (χ4n) is 4.30. The second-order valence-corrected chi connectivity index (χ2v) is 9.65. The predicted molar refractivity (Wildman–Crippen MR) is 133 cm³/mol. The molecular weight excluding hydrogens is 432 g/mol. The highest BCUT2D eigenvalue weighted by Crippen LogP contribution is 2.42. The third kappa shape index (κ3) is 7.31. The second kappa shape index (κ2) is 13.4. The molecule has 1 saturated carbocycles. The molecule has 4 nitrogen and oxygen atoms in total. The van der Waals surface area contributed by atoms with E-state index < -0.39 is 11.9 Å². The molecule has 1 fully saturated rings. The van der Waals surface area contributed by atoms with Gasteiger partial charge in [0.15, 0.2) is 0 Å². The molecule has 2 aromatic rings. The Kier molecular flexibility index (Phi) is 10.2. The van der Waals surface area contributed by atoms with Crippen LogP contribution in [0.4, 0.5) is 0 Å². The number of thioether (sulfide) groups is 1. The van der Waals surface area contributed by atoms with Gasteiger partial charge in [-0.2, -0.15) is 0 Å². The summed E-state index contributed by atoms with van der Waals surface area (Å²) in [7, 11) is 1.35. The van der Waals surface area contributed by atoms with Gasteiger partial charge in [0.2, 0.25) is 0 Å². The van der Waals surface area contributed by atoms with E-state index in [0.717, 1.165) is 23.3 Å². The smallest absolute Gasteiger partial charge is 0.316 e. The number of allylic oxidation sites excluding steroid dienone is 1. The average molecular weight is 467 g/mol. The standard InChI is InChI=1S/C28H34O4S/c1-3-4-5-6-13-18-25(33-22-16-11-8-12-17-22)27-24(19-23(29)26(27)28(30)31-2)32-20-21-14-9-7-10-15-21/h7-18,24-27H,3-6,19-20H2,1-2H3/b18-13+. The van der Waals surface area contributed by atoms with Crippen LogP contribution in [0.15, 0.2) is 77.7 Å². The van der Waals surface area contributed by atoms with Crippen LogP contribution in [0.5, 0.6) is 0 Å². The Bertz CT molecular complexity index is 897. The highest BCUT2D eigenvalue weighted by atomic mass is 32.2. The fraction of sp³-hybridized carbons (Fsp3) is 0.429. The van der Waals surface area contributed by atoms with Gasteiger partial charge in [-0.1, -0.05) is 80.4 Å². The number of unbranched alkanes of at least 4 members (excludes halogenated alkanes) is 3. The van der Waals surface area contributed by atoms with E-state index >= 15 is 0 Å². The van der Waals surface area contributed by atoms with Gasteiger partial charge >= 0.3 is 5.97 Å². The van der Waals surface area contributed by atoms with Crippen molar-refractivity contribution in [1.82, 2.24) is 0 Å². The van der Waals surface area contributed by atoms with E-state index in [4.69, 9.17) is 9.47 Å². The van der Waals surface area contributed by atoms with Gasteiger partial charge in [0.25, 0.3) is 0 Å². The molecule has 0 saturated heterocycles. The summed E-state index contributed by atoms with van der Waals surface area (Å²) in [5, 5.41) is -0.0784. The van der Waals surface area contributed by atoms with E-state index in [1.807, 2.05) is 48.5 Å². The van der Waals surface area contributed by atoms with Crippen LogP contribution in [0.25, 0.3) is 0 Å². The van der Waals surface area contributed by atoms with Crippen molar-refractivity contribution in [2.75, 3.05) is 7.11 Å². The van der Waals surface area contributed by atoms with Gasteiger partial charge in [-0.05, 0) is 30.5 Å². The van der Waals surface area contributed by atoms with Gasteiger partial charge in [0.1, 0.15) is 11.7 Å². The van der Waals surface area contributed by atoms with Crippen LogP contribution in [0.1, 0.15) is 44.6 Å². The topological polar surface area (TPSA) is 52.6 Å². The van der Waals surface area contributed by atoms with Gasteiger partial charge < -0.3 is 9.47 Å². The molecule has 4 unspecified atom stereocenters. The lowest BCUT2D eigenvalue weighted by molar-refractivity contribution is -0.150. The van der Waals surface area contributed by atoms with Gasteiger partial charge in [0, 0.05) is 22.5 Å². The van der Waals surface area contributed by atoms with Gasteiger partial charge in [-0.25, -0.2) is 0 Å². The Morgan fingerprint density at radius 1 is 1.09 bits per heavy atom. The molecule has 5 heteroatoms. The molecule has 0 aromatic heterocycles. The van der Waals surface area contributed by atoms with E-state index in [-0.39, 0.29) is 29.5 Å². The minimum Gasteiger partial charge on any atom is -0.468 e. The number of hydrogen-bond acceptors (Lipinski definition) is 5. The van der Waals surface area contributed by atoms with Gasteiger partial charge in [-0.15, -0.1) is 11.8 Å². The quantitative estimate of drug-likeness (QED) is 0.122. The summed E-state index contributed by atoms with van der Waals surface area (Å²) in [6, 6.07) is 20.0. The molecular formula is C28H34O4S. The number of carbonyl (C=O) groups excluding carboxylic acids is 2. The Labute approximate surface area is 201 Å². The fourth-order valence-corrected chi connectivity index (χ4v) is 5.61. The number of benzene rings is 2. The van der Waals surface area contributed by atoms with Crippen LogP contribution in [-0.2, 0) is 25.7 Å². The average Bonchev–Trinajstić information content (AvgIpc) is 3.18. The van der Waals surface area contributed by atoms with Crippen molar-refractivity contribution in [2.45, 2.75) is 61.9 Å². The van der Waals surface area contributed by atoms with Crippen LogP contribution in [-0.4, -0.2) is 30.2 Å². The predicted octanol–water partition coefficient (Wildman–Crippen LogP) is 6.25. The zero-order chi connectivity index (χ0) is 23.5.